The summed E-state index contributed by atoms with van der Waals surface area (Å²) in [5.74, 6) is -1.13. The Hall–Kier alpha value is -4.37. The van der Waals surface area contributed by atoms with Crippen LogP contribution in [0.2, 0.25) is 0 Å². The van der Waals surface area contributed by atoms with E-state index in [1.165, 1.54) is 25.1 Å². The number of urea groups is 1. The number of nitrogens with zero attached hydrogens (tertiary/aromatic N) is 4. The van der Waals surface area contributed by atoms with Crippen LogP contribution in [0.15, 0.2) is 53.7 Å². The molecule has 2 amide bonds. The zero-order valence-electron chi connectivity index (χ0n) is 21.3. The molecule has 1 aliphatic heterocycles. The second-order valence-corrected chi connectivity index (χ2v) is 8.70. The minimum absolute atomic E-state index is 0.0355. The molecule has 0 unspecified atom stereocenters. The molecule has 0 saturated carbocycles. The summed E-state index contributed by atoms with van der Waals surface area (Å²) >= 11 is 0. The van der Waals surface area contributed by atoms with Gasteiger partial charge in [-0.25, -0.2) is 14.2 Å². The summed E-state index contributed by atoms with van der Waals surface area (Å²) in [6, 6.07) is 8.93. The average molecular weight is 530 g/mol. The maximum Gasteiger partial charge on any atom is 0.416 e. The molecule has 2 aromatic rings. The van der Waals surface area contributed by atoms with Crippen molar-refractivity contribution >= 4 is 23.6 Å². The Labute approximate surface area is 218 Å². The number of carbonyl (C=O) groups is 2. The van der Waals surface area contributed by atoms with Crippen LogP contribution < -0.4 is 11.5 Å². The second kappa shape index (κ2) is 10.9. The number of methoxy groups -OCH3 is 1. The van der Waals surface area contributed by atoms with E-state index < -0.39 is 29.8 Å². The molecule has 12 heteroatoms. The number of esters is 1. The summed E-state index contributed by atoms with van der Waals surface area (Å²) in [7, 11) is 3.00. The molecule has 1 atom stereocenters. The van der Waals surface area contributed by atoms with Crippen molar-refractivity contribution in [3.05, 3.63) is 76.0 Å². The van der Waals surface area contributed by atoms with E-state index in [1.54, 1.807) is 12.1 Å². The largest absolute Gasteiger partial charge is 0.465 e. The monoisotopic (exact) mass is 529 g/mol. The number of alkyl halides is 3. The van der Waals surface area contributed by atoms with Crippen molar-refractivity contribution < 1.29 is 32.1 Å². The van der Waals surface area contributed by atoms with Gasteiger partial charge in [0, 0.05) is 6.54 Å². The molecule has 0 fully saturated rings. The van der Waals surface area contributed by atoms with Crippen LogP contribution in [0.5, 0.6) is 0 Å². The van der Waals surface area contributed by atoms with Gasteiger partial charge in [-0.1, -0.05) is 19.1 Å². The van der Waals surface area contributed by atoms with Crippen LogP contribution in [-0.2, 0) is 22.3 Å². The summed E-state index contributed by atoms with van der Waals surface area (Å²) < 4.78 is 46.6. The third kappa shape index (κ3) is 5.33. The molecule has 2 aromatic carbocycles. The minimum atomic E-state index is -4.64. The fraction of sp³-hybridized carbons (Fsp3) is 0.308. The topological polar surface area (TPSA) is 129 Å². The lowest BCUT2D eigenvalue weighted by Gasteiger charge is -2.34. The van der Waals surface area contributed by atoms with Crippen LogP contribution in [-0.4, -0.2) is 53.0 Å². The molecule has 0 aliphatic carbocycles. The highest BCUT2D eigenvalue weighted by Gasteiger charge is 2.47. The standard InChI is InChI=1S/C26H27F3N6O3/c1-5-33(3)14-17-11-16(13-30)9-10-20(17)22-21(23(36)38-4)15(2)34(24(31)35(22)25(32)37)19-8-6-7-18(12-19)26(27,28)29/h6-12,22,31H,5,14H2,1-4H3,(H2,32,37)/p+1/t22-/m1/s1. The average Bonchev–Trinajstić information content (AvgIpc) is 2.87. The first kappa shape index (κ1) is 28.2. The summed E-state index contributed by atoms with van der Waals surface area (Å²) in [6.07, 6.45) is -4.64. The number of hydrogen-bond donors (Lipinski definition) is 2. The number of primary amides is 1. The van der Waals surface area contributed by atoms with Crippen LogP contribution in [0, 0.1) is 11.3 Å². The lowest BCUT2D eigenvalue weighted by Crippen LogP contribution is -2.54. The van der Waals surface area contributed by atoms with Gasteiger partial charge >= 0.3 is 24.1 Å². The van der Waals surface area contributed by atoms with E-state index in [-0.39, 0.29) is 22.9 Å². The van der Waals surface area contributed by atoms with Crippen molar-refractivity contribution in [2.75, 3.05) is 20.7 Å². The first-order valence-corrected chi connectivity index (χ1v) is 11.5. The molecule has 0 radical (unpaired) electrons. The number of nitriles is 1. The number of guanidine groups is 1. The zero-order valence-corrected chi connectivity index (χ0v) is 21.3. The summed E-state index contributed by atoms with van der Waals surface area (Å²) in [6.45, 7) is 4.45. The Morgan fingerprint density at radius 2 is 1.92 bits per heavy atom. The lowest BCUT2D eigenvalue weighted by atomic mass is 9.89. The Balaban J connectivity index is 2.37. The maximum atomic E-state index is 13.5. The number of ether oxygens (including phenoxy) is 1. The van der Waals surface area contributed by atoms with Crippen LogP contribution in [0.4, 0.5) is 23.7 Å². The lowest BCUT2D eigenvalue weighted by molar-refractivity contribution is -0.396. The molecule has 0 aromatic heterocycles. The van der Waals surface area contributed by atoms with Crippen molar-refractivity contribution in [2.24, 2.45) is 11.5 Å². The van der Waals surface area contributed by atoms with Crippen molar-refractivity contribution in [1.29, 1.82) is 5.26 Å². The minimum Gasteiger partial charge on any atom is -0.465 e. The molecule has 0 bridgehead atoms. The van der Waals surface area contributed by atoms with Gasteiger partial charge in [0.15, 0.2) is 0 Å². The highest BCUT2D eigenvalue weighted by atomic mass is 19.4. The highest BCUT2D eigenvalue weighted by molar-refractivity contribution is 5.99. The number of rotatable bonds is 6. The predicted molar refractivity (Wildman–Crippen MR) is 133 cm³/mol. The Bertz CT molecular complexity index is 1380. The third-order valence-electron chi connectivity index (χ3n) is 6.35. The molecule has 38 heavy (non-hydrogen) atoms. The van der Waals surface area contributed by atoms with Crippen LogP contribution >= 0.6 is 0 Å². The molecular weight excluding hydrogens is 501 g/mol. The number of allylic oxidation sites excluding steroid dienone is 1. The SMILES string of the molecule is CCN(C)Cc1cc(C#N)ccc1[C@@H]1C(C(=O)OC)=C(C)[N+](c2cccc(C(F)(F)F)c2)=C(N)N1C(N)=O. The van der Waals surface area contributed by atoms with Crippen LogP contribution in [0.3, 0.4) is 0 Å². The zero-order chi connectivity index (χ0) is 28.4. The normalized spacial score (nSPS) is 16.1. The third-order valence-corrected chi connectivity index (χ3v) is 6.35. The Morgan fingerprint density at radius 1 is 1.24 bits per heavy atom. The first-order chi connectivity index (χ1) is 17.8. The summed E-state index contributed by atoms with van der Waals surface area (Å²) in [5, 5.41) is 9.46. The predicted octanol–water partition coefficient (Wildman–Crippen LogP) is 3.57. The number of amides is 2. The fourth-order valence-electron chi connectivity index (χ4n) is 4.39. The van der Waals surface area contributed by atoms with Gasteiger partial charge in [-0.2, -0.15) is 23.3 Å². The molecule has 9 nitrogen and oxygen atoms in total. The number of carbonyl (C=O) groups excluding carboxylic acids is 2. The van der Waals surface area contributed by atoms with Crippen molar-refractivity contribution in [1.82, 2.24) is 9.80 Å². The van der Waals surface area contributed by atoms with Gasteiger partial charge in [-0.05, 0) is 62.0 Å². The Morgan fingerprint density at radius 3 is 2.47 bits per heavy atom. The number of benzene rings is 2. The quantitative estimate of drug-likeness (QED) is 0.435. The molecule has 4 N–H and O–H groups in total. The molecule has 0 spiro atoms. The van der Waals surface area contributed by atoms with E-state index in [4.69, 9.17) is 16.2 Å². The van der Waals surface area contributed by atoms with E-state index in [9.17, 15) is 28.0 Å². The highest BCUT2D eigenvalue weighted by Crippen LogP contribution is 2.40. The van der Waals surface area contributed by atoms with Crippen molar-refractivity contribution in [3.8, 4) is 6.07 Å². The molecule has 1 aliphatic rings. The molecular formula is C26H28F3N6O3+. The van der Waals surface area contributed by atoms with E-state index >= 15 is 0 Å². The molecule has 3 rings (SSSR count). The fourth-order valence-corrected chi connectivity index (χ4v) is 4.39. The molecule has 200 valence electrons. The van der Waals surface area contributed by atoms with Gasteiger partial charge in [0.05, 0.1) is 30.0 Å². The van der Waals surface area contributed by atoms with E-state index in [0.717, 1.165) is 28.7 Å². The van der Waals surface area contributed by atoms with Crippen molar-refractivity contribution in [2.45, 2.75) is 32.6 Å². The number of halogens is 3. The van der Waals surface area contributed by atoms with Gasteiger partial charge in [-0.15, -0.1) is 0 Å². The van der Waals surface area contributed by atoms with Gasteiger partial charge in [-0.3, -0.25) is 5.73 Å². The maximum absolute atomic E-state index is 13.5. The number of nitrogens with two attached hydrogens (primary N) is 2. The van der Waals surface area contributed by atoms with E-state index in [0.29, 0.717) is 29.8 Å². The smallest absolute Gasteiger partial charge is 0.416 e. The number of hydrogen-bond acceptors (Lipinski definition) is 6. The van der Waals surface area contributed by atoms with E-state index in [1.807, 2.05) is 18.9 Å². The van der Waals surface area contributed by atoms with Crippen molar-refractivity contribution in [3.63, 3.8) is 0 Å². The van der Waals surface area contributed by atoms with Gasteiger partial charge in [0.1, 0.15) is 17.3 Å². The molecule has 1 heterocycles. The first-order valence-electron chi connectivity index (χ1n) is 11.5. The molecule has 0 saturated heterocycles. The van der Waals surface area contributed by atoms with Gasteiger partial charge in [0.25, 0.3) is 0 Å². The van der Waals surface area contributed by atoms with Gasteiger partial charge < -0.3 is 15.4 Å². The van der Waals surface area contributed by atoms with E-state index in [2.05, 4.69) is 6.07 Å². The van der Waals surface area contributed by atoms with Crippen LogP contribution in [0.1, 0.15) is 42.1 Å². The second-order valence-electron chi connectivity index (χ2n) is 8.70. The Kier molecular flexibility index (Phi) is 8.12. The summed E-state index contributed by atoms with van der Waals surface area (Å²) in [4.78, 5) is 28.9. The summed E-state index contributed by atoms with van der Waals surface area (Å²) in [5.41, 5.74) is 12.7. The van der Waals surface area contributed by atoms with Crippen LogP contribution in [0.25, 0.3) is 0 Å². The van der Waals surface area contributed by atoms with Gasteiger partial charge in [0.2, 0.25) is 0 Å².